The normalized spacial score (nSPS) is 27.9. The first-order valence-electron chi connectivity index (χ1n) is 5.86. The fraction of sp³-hybridized carbons (Fsp3) is 0.833. The third kappa shape index (κ3) is 2.11. The lowest BCUT2D eigenvalue weighted by Gasteiger charge is -2.30. The Morgan fingerprint density at radius 2 is 2.36 bits per heavy atom. The van der Waals surface area contributed by atoms with E-state index in [1.165, 1.54) is 45.1 Å². The van der Waals surface area contributed by atoms with Crippen molar-refractivity contribution in [3.05, 3.63) is 11.8 Å². The molecular weight excluding hydrogens is 174 g/mol. The highest BCUT2D eigenvalue weighted by Gasteiger charge is 2.26. The highest BCUT2D eigenvalue weighted by atomic mass is 16.5. The Balaban J connectivity index is 1.97. The van der Waals surface area contributed by atoms with Crippen molar-refractivity contribution in [3.8, 4) is 0 Å². The Morgan fingerprint density at radius 1 is 1.43 bits per heavy atom. The predicted octanol–water partition coefficient (Wildman–Crippen LogP) is 2.56. The average Bonchev–Trinajstić information content (AvgIpc) is 2.68. The van der Waals surface area contributed by atoms with Crippen molar-refractivity contribution in [2.24, 2.45) is 0 Å². The van der Waals surface area contributed by atoms with Gasteiger partial charge in [-0.05, 0) is 38.5 Å². The third-order valence-electron chi connectivity index (χ3n) is 3.37. The largest absolute Gasteiger partial charge is 0.383 e. The van der Waals surface area contributed by atoms with Gasteiger partial charge in [-0.1, -0.05) is 6.08 Å². The Bertz CT molecular complexity index is 212. The van der Waals surface area contributed by atoms with Gasteiger partial charge >= 0.3 is 0 Å². The van der Waals surface area contributed by atoms with Gasteiger partial charge in [-0.3, -0.25) is 0 Å². The molecule has 2 rings (SSSR count). The van der Waals surface area contributed by atoms with Gasteiger partial charge in [0.05, 0.1) is 12.6 Å². The Morgan fingerprint density at radius 3 is 3.07 bits per heavy atom. The first-order valence-corrected chi connectivity index (χ1v) is 5.86. The van der Waals surface area contributed by atoms with E-state index in [4.69, 9.17) is 4.74 Å². The molecule has 0 aromatic carbocycles. The number of rotatable bonds is 3. The molecule has 2 nitrogen and oxygen atoms in total. The lowest BCUT2D eigenvalue weighted by molar-refractivity contribution is 0.129. The number of ether oxygens (including phenoxy) is 1. The minimum Gasteiger partial charge on any atom is -0.383 e. The van der Waals surface area contributed by atoms with Gasteiger partial charge in [0, 0.05) is 19.4 Å². The topological polar surface area (TPSA) is 12.5 Å². The van der Waals surface area contributed by atoms with Gasteiger partial charge in [-0.25, -0.2) is 0 Å². The first kappa shape index (κ1) is 10.0. The smallest absolute Gasteiger partial charge is 0.0666 e. The summed E-state index contributed by atoms with van der Waals surface area (Å²) in [5.74, 6) is 0. The number of likely N-dealkylation sites (tertiary alicyclic amines) is 1. The Hall–Kier alpha value is -0.500. The summed E-state index contributed by atoms with van der Waals surface area (Å²) in [4.78, 5) is 2.59. The molecule has 0 N–H and O–H groups in total. The fourth-order valence-electron chi connectivity index (χ4n) is 2.66. The number of hydrogen-bond acceptors (Lipinski definition) is 2. The van der Waals surface area contributed by atoms with E-state index in [9.17, 15) is 0 Å². The summed E-state index contributed by atoms with van der Waals surface area (Å²) in [6.45, 7) is 2.15. The van der Waals surface area contributed by atoms with Gasteiger partial charge in [-0.2, -0.15) is 0 Å². The van der Waals surface area contributed by atoms with E-state index in [2.05, 4.69) is 11.0 Å². The van der Waals surface area contributed by atoms with E-state index in [-0.39, 0.29) is 0 Å². The van der Waals surface area contributed by atoms with Gasteiger partial charge in [-0.15, -0.1) is 0 Å². The van der Waals surface area contributed by atoms with Gasteiger partial charge < -0.3 is 9.64 Å². The van der Waals surface area contributed by atoms with Crippen LogP contribution in [0.2, 0.25) is 0 Å². The van der Waals surface area contributed by atoms with E-state index < -0.39 is 0 Å². The molecule has 1 saturated heterocycles. The molecule has 14 heavy (non-hydrogen) atoms. The third-order valence-corrected chi connectivity index (χ3v) is 3.37. The van der Waals surface area contributed by atoms with Crippen LogP contribution in [0.15, 0.2) is 11.8 Å². The SMILES string of the molecule is COC[C@@H]1CCCN1C1=CCCCC1. The molecule has 0 aromatic rings. The van der Waals surface area contributed by atoms with Crippen molar-refractivity contribution in [3.63, 3.8) is 0 Å². The molecule has 0 aromatic heterocycles. The Kier molecular flexibility index (Phi) is 3.46. The Labute approximate surface area is 86.9 Å². The summed E-state index contributed by atoms with van der Waals surface area (Å²) in [6.07, 6.45) is 10.4. The van der Waals surface area contributed by atoms with Crippen LogP contribution in [0.25, 0.3) is 0 Å². The maximum atomic E-state index is 5.28. The highest BCUT2D eigenvalue weighted by molar-refractivity contribution is 5.07. The molecule has 1 fully saturated rings. The number of hydrogen-bond donors (Lipinski definition) is 0. The second-order valence-corrected chi connectivity index (χ2v) is 4.39. The van der Waals surface area contributed by atoms with Crippen molar-refractivity contribution >= 4 is 0 Å². The molecule has 0 unspecified atom stereocenters. The molecular formula is C12H21NO. The number of nitrogens with zero attached hydrogens (tertiary/aromatic N) is 1. The van der Waals surface area contributed by atoms with Crippen LogP contribution >= 0.6 is 0 Å². The monoisotopic (exact) mass is 195 g/mol. The molecule has 1 atom stereocenters. The zero-order valence-corrected chi connectivity index (χ0v) is 9.17. The van der Waals surface area contributed by atoms with Crippen LogP contribution in [0, 0.1) is 0 Å². The lowest BCUT2D eigenvalue weighted by atomic mass is 10.0. The molecule has 0 spiro atoms. The van der Waals surface area contributed by atoms with Crippen molar-refractivity contribution < 1.29 is 4.74 Å². The van der Waals surface area contributed by atoms with Gasteiger partial charge in [0.1, 0.15) is 0 Å². The maximum absolute atomic E-state index is 5.28. The van der Waals surface area contributed by atoms with Crippen molar-refractivity contribution in [1.29, 1.82) is 0 Å². The van der Waals surface area contributed by atoms with Gasteiger partial charge in [0.25, 0.3) is 0 Å². The molecule has 0 amide bonds. The van der Waals surface area contributed by atoms with Gasteiger partial charge in [0.15, 0.2) is 0 Å². The molecule has 2 aliphatic rings. The van der Waals surface area contributed by atoms with Crippen LogP contribution in [0.1, 0.15) is 38.5 Å². The lowest BCUT2D eigenvalue weighted by Crippen LogP contribution is -2.32. The summed E-state index contributed by atoms with van der Waals surface area (Å²) >= 11 is 0. The quantitative estimate of drug-likeness (QED) is 0.686. The molecule has 1 aliphatic heterocycles. The molecule has 0 radical (unpaired) electrons. The zero-order valence-electron chi connectivity index (χ0n) is 9.17. The van der Waals surface area contributed by atoms with Crippen molar-refractivity contribution in [1.82, 2.24) is 4.90 Å². The van der Waals surface area contributed by atoms with E-state index in [1.807, 2.05) is 7.11 Å². The summed E-state index contributed by atoms with van der Waals surface area (Å²) in [7, 11) is 1.81. The summed E-state index contributed by atoms with van der Waals surface area (Å²) < 4.78 is 5.28. The first-order chi connectivity index (χ1) is 6.92. The number of methoxy groups -OCH3 is 1. The van der Waals surface area contributed by atoms with Gasteiger partial charge in [0.2, 0.25) is 0 Å². The maximum Gasteiger partial charge on any atom is 0.0666 e. The van der Waals surface area contributed by atoms with Crippen LogP contribution in [0.4, 0.5) is 0 Å². The van der Waals surface area contributed by atoms with Crippen LogP contribution < -0.4 is 0 Å². The fourth-order valence-corrected chi connectivity index (χ4v) is 2.66. The van der Waals surface area contributed by atoms with Crippen LogP contribution in [0.3, 0.4) is 0 Å². The minimum absolute atomic E-state index is 0.657. The van der Waals surface area contributed by atoms with E-state index in [0.717, 1.165) is 6.61 Å². The van der Waals surface area contributed by atoms with Crippen LogP contribution in [-0.2, 0) is 4.74 Å². The molecule has 0 bridgehead atoms. The molecule has 0 saturated carbocycles. The van der Waals surface area contributed by atoms with Crippen LogP contribution in [0.5, 0.6) is 0 Å². The zero-order chi connectivity index (χ0) is 9.80. The summed E-state index contributed by atoms with van der Waals surface area (Å²) in [6, 6.07) is 0.657. The van der Waals surface area contributed by atoms with Crippen molar-refractivity contribution in [2.45, 2.75) is 44.6 Å². The molecule has 80 valence electrons. The van der Waals surface area contributed by atoms with Crippen molar-refractivity contribution in [2.75, 3.05) is 20.3 Å². The van der Waals surface area contributed by atoms with Crippen LogP contribution in [-0.4, -0.2) is 31.2 Å². The average molecular weight is 195 g/mol. The summed E-state index contributed by atoms with van der Waals surface area (Å²) in [5, 5.41) is 0. The number of allylic oxidation sites excluding steroid dienone is 2. The second-order valence-electron chi connectivity index (χ2n) is 4.39. The highest BCUT2D eigenvalue weighted by Crippen LogP contribution is 2.28. The van der Waals surface area contributed by atoms with E-state index >= 15 is 0 Å². The second kappa shape index (κ2) is 4.83. The van der Waals surface area contributed by atoms with E-state index in [1.54, 1.807) is 5.70 Å². The minimum atomic E-state index is 0.657. The summed E-state index contributed by atoms with van der Waals surface area (Å²) in [5.41, 5.74) is 1.59. The molecule has 1 aliphatic carbocycles. The van der Waals surface area contributed by atoms with E-state index in [0.29, 0.717) is 6.04 Å². The molecule has 2 heteroatoms. The standard InChI is InChI=1S/C12H21NO/c1-14-10-12-8-5-9-13(12)11-6-3-2-4-7-11/h6,12H,2-5,7-10H2,1H3/t12-/m0/s1. The molecule has 1 heterocycles. The predicted molar refractivity (Wildman–Crippen MR) is 58.2 cm³/mol.